The van der Waals surface area contributed by atoms with Gasteiger partial charge in [-0.05, 0) is 26.0 Å². The van der Waals surface area contributed by atoms with E-state index in [1.54, 1.807) is 0 Å². The van der Waals surface area contributed by atoms with Gasteiger partial charge >= 0.3 is 5.97 Å². The highest BCUT2D eigenvalue weighted by Crippen LogP contribution is 2.18. The number of carbonyl (C=O) groups is 2. The molecule has 5 heteroatoms. The number of rotatable bonds is 5. The molecule has 1 aromatic carbocycles. The van der Waals surface area contributed by atoms with Gasteiger partial charge in [0, 0.05) is 13.0 Å². The molecule has 0 atom stereocenters. The van der Waals surface area contributed by atoms with Crippen LogP contribution in [0.15, 0.2) is 18.2 Å². The third kappa shape index (κ3) is 4.16. The topological polar surface area (TPSA) is 52.6 Å². The molecule has 0 aromatic heterocycles. The van der Waals surface area contributed by atoms with Crippen LogP contribution in [-0.2, 0) is 9.53 Å². The zero-order valence-electron chi connectivity index (χ0n) is 10.5. The highest BCUT2D eigenvalue weighted by Gasteiger charge is 2.14. The largest absolute Gasteiger partial charge is 0.491 e. The lowest BCUT2D eigenvalue weighted by Crippen LogP contribution is -2.13. The SMILES string of the molecule is CC(=O)OCC(=O)c1ccc(OC(C)C)cc1F. The zero-order chi connectivity index (χ0) is 13.7. The lowest BCUT2D eigenvalue weighted by Gasteiger charge is -2.10. The summed E-state index contributed by atoms with van der Waals surface area (Å²) in [6.45, 7) is 4.36. The molecule has 98 valence electrons. The van der Waals surface area contributed by atoms with Crippen molar-refractivity contribution in [3.63, 3.8) is 0 Å². The maximum atomic E-state index is 13.6. The van der Waals surface area contributed by atoms with Crippen LogP contribution >= 0.6 is 0 Å². The van der Waals surface area contributed by atoms with Gasteiger partial charge < -0.3 is 9.47 Å². The maximum Gasteiger partial charge on any atom is 0.303 e. The van der Waals surface area contributed by atoms with Crippen LogP contribution in [0.3, 0.4) is 0 Å². The standard InChI is InChI=1S/C13H15FO4/c1-8(2)18-10-4-5-11(12(14)6-10)13(16)7-17-9(3)15/h4-6,8H,7H2,1-3H3. The molecule has 4 nitrogen and oxygen atoms in total. The molecule has 0 aliphatic carbocycles. The van der Waals surface area contributed by atoms with Crippen LogP contribution in [0, 0.1) is 5.82 Å². The van der Waals surface area contributed by atoms with Crippen LogP contribution in [-0.4, -0.2) is 24.5 Å². The number of halogens is 1. The zero-order valence-corrected chi connectivity index (χ0v) is 10.5. The van der Waals surface area contributed by atoms with Gasteiger partial charge in [0.2, 0.25) is 5.78 Å². The molecule has 0 unspecified atom stereocenters. The van der Waals surface area contributed by atoms with Crippen LogP contribution in [0.4, 0.5) is 4.39 Å². The Bertz CT molecular complexity index is 454. The van der Waals surface area contributed by atoms with Crippen molar-refractivity contribution in [2.75, 3.05) is 6.61 Å². The fourth-order valence-corrected chi connectivity index (χ4v) is 1.31. The third-order valence-electron chi connectivity index (χ3n) is 2.02. The van der Waals surface area contributed by atoms with Gasteiger partial charge in [-0.15, -0.1) is 0 Å². The fraction of sp³-hybridized carbons (Fsp3) is 0.385. The van der Waals surface area contributed by atoms with Crippen molar-refractivity contribution in [3.8, 4) is 5.75 Å². The number of ketones is 1. The fourth-order valence-electron chi connectivity index (χ4n) is 1.31. The van der Waals surface area contributed by atoms with Crippen molar-refractivity contribution in [3.05, 3.63) is 29.6 Å². The van der Waals surface area contributed by atoms with Crippen molar-refractivity contribution >= 4 is 11.8 Å². The van der Waals surface area contributed by atoms with Gasteiger partial charge in [-0.2, -0.15) is 0 Å². The van der Waals surface area contributed by atoms with Crippen LogP contribution in [0.5, 0.6) is 5.75 Å². The Morgan fingerprint density at radius 1 is 1.33 bits per heavy atom. The number of benzene rings is 1. The van der Waals surface area contributed by atoms with Gasteiger partial charge in [0.25, 0.3) is 0 Å². The minimum atomic E-state index is -0.690. The van der Waals surface area contributed by atoms with E-state index in [2.05, 4.69) is 4.74 Å². The minimum Gasteiger partial charge on any atom is -0.491 e. The van der Waals surface area contributed by atoms with Crippen LogP contribution in [0.1, 0.15) is 31.1 Å². The summed E-state index contributed by atoms with van der Waals surface area (Å²) in [4.78, 5) is 22.1. The van der Waals surface area contributed by atoms with Gasteiger partial charge in [0.05, 0.1) is 11.7 Å². The van der Waals surface area contributed by atoms with E-state index in [9.17, 15) is 14.0 Å². The van der Waals surface area contributed by atoms with E-state index in [1.165, 1.54) is 19.1 Å². The highest BCUT2D eigenvalue weighted by molar-refractivity contribution is 5.98. The van der Waals surface area contributed by atoms with Gasteiger partial charge in [0.1, 0.15) is 11.6 Å². The monoisotopic (exact) mass is 254 g/mol. The van der Waals surface area contributed by atoms with Gasteiger partial charge in [-0.25, -0.2) is 4.39 Å². The molecule has 0 heterocycles. The molecule has 0 amide bonds. The van der Waals surface area contributed by atoms with Crippen molar-refractivity contribution in [2.45, 2.75) is 26.9 Å². The maximum absolute atomic E-state index is 13.6. The molecule has 0 fully saturated rings. The van der Waals surface area contributed by atoms with Crippen LogP contribution < -0.4 is 4.74 Å². The van der Waals surface area contributed by atoms with E-state index in [0.717, 1.165) is 6.07 Å². The summed E-state index contributed by atoms with van der Waals surface area (Å²) in [5.41, 5.74) is -0.118. The number of hydrogen-bond acceptors (Lipinski definition) is 4. The van der Waals surface area contributed by atoms with Crippen molar-refractivity contribution in [1.29, 1.82) is 0 Å². The van der Waals surface area contributed by atoms with Crippen LogP contribution in [0.2, 0.25) is 0 Å². The first-order valence-corrected chi connectivity index (χ1v) is 5.53. The molecule has 0 aliphatic heterocycles. The summed E-state index contributed by atoms with van der Waals surface area (Å²) >= 11 is 0. The second-order valence-electron chi connectivity index (χ2n) is 4.01. The summed E-state index contributed by atoms with van der Waals surface area (Å²) < 4.78 is 23.4. The molecule has 0 saturated carbocycles. The average molecular weight is 254 g/mol. The second kappa shape index (κ2) is 6.14. The van der Waals surface area contributed by atoms with Crippen molar-refractivity contribution in [2.24, 2.45) is 0 Å². The summed E-state index contributed by atoms with van der Waals surface area (Å²) in [6, 6.07) is 3.96. The summed E-state index contributed by atoms with van der Waals surface area (Å²) in [6.07, 6.45) is -0.0769. The number of carbonyl (C=O) groups excluding carboxylic acids is 2. The average Bonchev–Trinajstić information content (AvgIpc) is 2.25. The Morgan fingerprint density at radius 3 is 2.50 bits per heavy atom. The predicted molar refractivity (Wildman–Crippen MR) is 63.1 cm³/mol. The van der Waals surface area contributed by atoms with E-state index in [1.807, 2.05) is 13.8 Å². The summed E-state index contributed by atoms with van der Waals surface area (Å²) in [5.74, 6) is -1.50. The van der Waals surface area contributed by atoms with E-state index < -0.39 is 24.2 Å². The number of hydrogen-bond donors (Lipinski definition) is 0. The Morgan fingerprint density at radius 2 is 2.00 bits per heavy atom. The third-order valence-corrected chi connectivity index (χ3v) is 2.02. The molecule has 18 heavy (non-hydrogen) atoms. The number of ether oxygens (including phenoxy) is 2. The summed E-state index contributed by atoms with van der Waals surface area (Å²) in [5, 5.41) is 0. The summed E-state index contributed by atoms with van der Waals surface area (Å²) in [7, 11) is 0. The second-order valence-corrected chi connectivity index (χ2v) is 4.01. The Hall–Kier alpha value is -1.91. The van der Waals surface area contributed by atoms with Gasteiger partial charge in [0.15, 0.2) is 6.61 Å². The van der Waals surface area contributed by atoms with Crippen molar-refractivity contribution < 1.29 is 23.5 Å². The first kappa shape index (κ1) is 14.2. The minimum absolute atomic E-state index is 0.0769. The molecule has 0 bridgehead atoms. The van der Waals surface area contributed by atoms with E-state index in [0.29, 0.717) is 5.75 Å². The van der Waals surface area contributed by atoms with Gasteiger partial charge in [-0.3, -0.25) is 9.59 Å². The van der Waals surface area contributed by atoms with E-state index in [-0.39, 0.29) is 11.7 Å². The number of esters is 1. The predicted octanol–water partition coefficient (Wildman–Crippen LogP) is 2.36. The van der Waals surface area contributed by atoms with Gasteiger partial charge in [-0.1, -0.05) is 0 Å². The molecule has 0 aliphatic rings. The number of Topliss-reactive ketones (excluding diaryl/α,β-unsaturated/α-hetero) is 1. The molecule has 0 N–H and O–H groups in total. The van der Waals surface area contributed by atoms with E-state index >= 15 is 0 Å². The lowest BCUT2D eigenvalue weighted by molar-refractivity contribution is -0.139. The first-order chi connectivity index (χ1) is 8.40. The Labute approximate surface area is 105 Å². The molecule has 1 aromatic rings. The molecule has 1 rings (SSSR count). The van der Waals surface area contributed by atoms with Crippen molar-refractivity contribution in [1.82, 2.24) is 0 Å². The smallest absolute Gasteiger partial charge is 0.303 e. The normalized spacial score (nSPS) is 10.3. The van der Waals surface area contributed by atoms with E-state index in [4.69, 9.17) is 4.74 Å². The Kier molecular flexibility index (Phi) is 4.83. The lowest BCUT2D eigenvalue weighted by atomic mass is 10.1. The highest BCUT2D eigenvalue weighted by atomic mass is 19.1. The molecular weight excluding hydrogens is 239 g/mol. The quantitative estimate of drug-likeness (QED) is 0.598. The molecule has 0 radical (unpaired) electrons. The van der Waals surface area contributed by atoms with Crippen LogP contribution in [0.25, 0.3) is 0 Å². The Balaban J connectivity index is 2.78. The first-order valence-electron chi connectivity index (χ1n) is 5.53. The molecule has 0 saturated heterocycles. The molecular formula is C13H15FO4. The molecule has 0 spiro atoms.